The maximum Gasteiger partial charge on any atom is 1.00 e. The smallest absolute Gasteiger partial charge is 0.854 e. The van der Waals surface area contributed by atoms with Crippen LogP contribution in [0.3, 0.4) is 0 Å². The molecule has 0 saturated heterocycles. The van der Waals surface area contributed by atoms with Crippen LogP contribution in [0.2, 0.25) is 0 Å². The highest BCUT2D eigenvalue weighted by Gasteiger charge is 2.26. The van der Waals surface area contributed by atoms with Crippen LogP contribution in [0.15, 0.2) is 0 Å². The first-order valence-electron chi connectivity index (χ1n) is 40.7. The largest absolute Gasteiger partial charge is 1.00 e. The monoisotopic (exact) mass is 1240 g/mol. The Morgan fingerprint density at radius 3 is 0.337 bits per heavy atom. The van der Waals surface area contributed by atoms with Gasteiger partial charge >= 0.3 is 1.43 Å². The lowest BCUT2D eigenvalue weighted by Crippen LogP contribution is -2.50. The minimum absolute atomic E-state index is 0. The van der Waals surface area contributed by atoms with Gasteiger partial charge in [-0.25, -0.2) is 0 Å². The third kappa shape index (κ3) is 75.0. The number of nitrogens with zero attached hydrogens (tertiary/aromatic N) is 2. The van der Waals surface area contributed by atoms with E-state index in [1.165, 1.54) is 472 Å². The quantitative estimate of drug-likeness (QED) is 0.0346. The molecular formula is C80H169N2O3P. The fraction of sp³-hybridized carbons (Fsp3) is 1.00. The zero-order chi connectivity index (χ0) is 63.5. The van der Waals surface area contributed by atoms with E-state index in [0.717, 1.165) is 0 Å². The molecule has 0 radical (unpaired) electrons. The number of hydrogen-bond acceptors (Lipinski definition) is 3. The molecule has 0 amide bonds. The maximum atomic E-state index is 8.48. The average Bonchev–Trinajstić information content (AvgIpc) is 3.65. The van der Waals surface area contributed by atoms with E-state index in [1.807, 2.05) is 0 Å². The van der Waals surface area contributed by atoms with E-state index in [2.05, 4.69) is 55.4 Å². The minimum atomic E-state index is -3.37. The van der Waals surface area contributed by atoms with Gasteiger partial charge in [-0.2, -0.15) is 0 Å². The van der Waals surface area contributed by atoms with Crippen molar-refractivity contribution >= 4 is 8.60 Å². The van der Waals surface area contributed by atoms with E-state index in [9.17, 15) is 0 Å². The van der Waals surface area contributed by atoms with Gasteiger partial charge in [0.1, 0.15) is 0 Å². The Hall–Kier alpha value is 0.230. The van der Waals surface area contributed by atoms with Crippen LogP contribution >= 0.6 is 8.60 Å². The average molecular weight is 1240 g/mol. The lowest BCUT2D eigenvalue weighted by Gasteiger charge is -2.39. The van der Waals surface area contributed by atoms with E-state index < -0.39 is 8.60 Å². The molecule has 0 aliphatic rings. The predicted molar refractivity (Wildman–Crippen MR) is 388 cm³/mol. The number of quaternary nitrogens is 2. The van der Waals surface area contributed by atoms with Crippen molar-refractivity contribution in [3.63, 3.8) is 0 Å². The Balaban J connectivity index is -0.000000737. The summed E-state index contributed by atoms with van der Waals surface area (Å²) in [5.74, 6) is 0. The summed E-state index contributed by atoms with van der Waals surface area (Å²) >= 11 is 0. The van der Waals surface area contributed by atoms with E-state index in [0.29, 0.717) is 0 Å². The molecule has 0 aliphatic heterocycles. The standard InChI is InChI=1S/2C40H84N.O3P/c2*1-5-9-13-15-17-19-21-23-25-27-29-31-33-35-39-41(37-11-7-3,38-12-8-4)40-36-34-32-30-28-26-24-22-20-18-16-14-10-6-2;1-4(2)3/h2*5-40H2,1-4H3;/q2*+1;-3/p+1. The summed E-state index contributed by atoms with van der Waals surface area (Å²) in [6.07, 6.45) is 93.6. The first-order valence-corrected chi connectivity index (χ1v) is 41.8. The maximum absolute atomic E-state index is 8.48. The van der Waals surface area contributed by atoms with Gasteiger partial charge in [0.05, 0.1) is 52.4 Å². The van der Waals surface area contributed by atoms with E-state index in [4.69, 9.17) is 14.7 Å². The van der Waals surface area contributed by atoms with Gasteiger partial charge in [0.2, 0.25) is 0 Å². The molecule has 0 bridgehead atoms. The van der Waals surface area contributed by atoms with Gasteiger partial charge in [-0.05, 0) is 77.0 Å². The van der Waals surface area contributed by atoms with Crippen molar-refractivity contribution in [2.45, 2.75) is 466 Å². The first kappa shape index (κ1) is 90.4. The molecule has 0 heterocycles. The molecule has 0 spiro atoms. The normalized spacial score (nSPS) is 11.9. The van der Waals surface area contributed by atoms with E-state index in [-0.39, 0.29) is 1.43 Å². The van der Waals surface area contributed by atoms with Gasteiger partial charge in [-0.1, -0.05) is 389 Å². The third-order valence-corrected chi connectivity index (χ3v) is 19.9. The van der Waals surface area contributed by atoms with E-state index >= 15 is 0 Å². The highest BCUT2D eigenvalue weighted by Crippen LogP contribution is 2.23. The van der Waals surface area contributed by atoms with Crippen LogP contribution in [0.1, 0.15) is 468 Å². The van der Waals surface area contributed by atoms with Crippen molar-refractivity contribution in [3.8, 4) is 0 Å². The molecule has 0 saturated carbocycles. The van der Waals surface area contributed by atoms with Crippen molar-refractivity contribution in [2.24, 2.45) is 0 Å². The Morgan fingerprint density at radius 1 is 0.151 bits per heavy atom. The van der Waals surface area contributed by atoms with Crippen molar-refractivity contribution in [2.75, 3.05) is 52.4 Å². The molecule has 0 N–H and O–H groups in total. The van der Waals surface area contributed by atoms with Gasteiger partial charge in [0, 0.05) is 0 Å². The molecular weight excluding hydrogens is 1070 g/mol. The van der Waals surface area contributed by atoms with Crippen LogP contribution in [0, 0.1) is 0 Å². The molecule has 86 heavy (non-hydrogen) atoms. The molecule has 0 aliphatic carbocycles. The lowest BCUT2D eigenvalue weighted by atomic mass is 10.0. The third-order valence-electron chi connectivity index (χ3n) is 19.9. The van der Waals surface area contributed by atoms with Crippen LogP contribution in [-0.2, 0) is 0 Å². The molecule has 0 fully saturated rings. The van der Waals surface area contributed by atoms with Crippen LogP contribution in [0.5, 0.6) is 0 Å². The number of unbranched alkanes of at least 4 members (excludes halogenated alkanes) is 56. The highest BCUT2D eigenvalue weighted by molar-refractivity contribution is 7.33. The Labute approximate surface area is 549 Å². The molecule has 0 aromatic carbocycles. The minimum Gasteiger partial charge on any atom is -0.854 e. The number of rotatable bonds is 72. The SMILES string of the molecule is CCCCCCCCCCCCCCCC[N+](CCCC)(CCCC)CCCCCCCCCCCCCCCC.CCCCCCCCCCCCCCCC[N+](CCCC)(CCCC)CCCCCCCCCCCCCCCC.[H+].[O-]P([O-])[O-]. The highest BCUT2D eigenvalue weighted by atomic mass is 31.2. The van der Waals surface area contributed by atoms with Crippen LogP contribution in [-0.4, -0.2) is 61.3 Å². The molecule has 0 aromatic rings. The molecule has 0 atom stereocenters. The predicted octanol–water partition coefficient (Wildman–Crippen LogP) is 26.1. The number of hydrogen-bond donors (Lipinski definition) is 0. The van der Waals surface area contributed by atoms with Crippen molar-refractivity contribution in [1.82, 2.24) is 0 Å². The second kappa shape index (κ2) is 79.5. The van der Waals surface area contributed by atoms with Crippen molar-refractivity contribution < 1.29 is 25.1 Å². The summed E-state index contributed by atoms with van der Waals surface area (Å²) < 4.78 is 2.91. The van der Waals surface area contributed by atoms with Gasteiger partial charge in [0.15, 0.2) is 0 Å². The summed E-state index contributed by atoms with van der Waals surface area (Å²) in [4.78, 5) is 25.4. The lowest BCUT2D eigenvalue weighted by molar-refractivity contribution is -0.929. The molecule has 0 rings (SSSR count). The topological polar surface area (TPSA) is 69.2 Å². The van der Waals surface area contributed by atoms with Gasteiger partial charge in [0.25, 0.3) is 0 Å². The summed E-state index contributed by atoms with van der Waals surface area (Å²) in [6.45, 7) is 30.5. The Morgan fingerprint density at radius 2 is 0.233 bits per heavy atom. The van der Waals surface area contributed by atoms with Crippen LogP contribution in [0.4, 0.5) is 0 Å². The summed E-state index contributed by atoms with van der Waals surface area (Å²) in [5, 5.41) is 0. The zero-order valence-electron chi connectivity index (χ0n) is 62.5. The molecule has 5 nitrogen and oxygen atoms in total. The van der Waals surface area contributed by atoms with Gasteiger partial charge in [-0.3, -0.25) is 0 Å². The van der Waals surface area contributed by atoms with Gasteiger partial charge < -0.3 is 32.2 Å². The zero-order valence-corrected chi connectivity index (χ0v) is 62.4. The first-order chi connectivity index (χ1) is 42.2. The van der Waals surface area contributed by atoms with Gasteiger partial charge in [-0.15, -0.1) is 0 Å². The Bertz CT molecular complexity index is 992. The molecule has 0 aromatic heterocycles. The second-order valence-corrected chi connectivity index (χ2v) is 28.9. The second-order valence-electron chi connectivity index (χ2n) is 28.5. The summed E-state index contributed by atoms with van der Waals surface area (Å²) in [6, 6.07) is 0. The van der Waals surface area contributed by atoms with Crippen molar-refractivity contribution in [1.29, 1.82) is 0 Å². The summed E-state index contributed by atoms with van der Waals surface area (Å²) in [5.41, 5.74) is 0. The molecule has 0 unspecified atom stereocenters. The fourth-order valence-corrected chi connectivity index (χ4v) is 13.9. The van der Waals surface area contributed by atoms with E-state index in [1.54, 1.807) is 0 Å². The summed E-state index contributed by atoms with van der Waals surface area (Å²) in [7, 11) is -3.37. The van der Waals surface area contributed by atoms with Crippen LogP contribution < -0.4 is 14.7 Å². The Kier molecular flexibility index (Phi) is 83.6. The fourth-order valence-electron chi connectivity index (χ4n) is 13.9. The van der Waals surface area contributed by atoms with Crippen molar-refractivity contribution in [3.05, 3.63) is 0 Å². The molecule has 6 heteroatoms. The van der Waals surface area contributed by atoms with Crippen LogP contribution in [0.25, 0.3) is 0 Å². The molecule has 522 valence electrons.